The van der Waals surface area contributed by atoms with Crippen LogP contribution in [0.3, 0.4) is 0 Å². The van der Waals surface area contributed by atoms with Crippen LogP contribution in [-0.4, -0.2) is 20.9 Å². The van der Waals surface area contributed by atoms with Gasteiger partial charge < -0.3 is 5.32 Å². The van der Waals surface area contributed by atoms with Crippen molar-refractivity contribution < 1.29 is 13.2 Å². The summed E-state index contributed by atoms with van der Waals surface area (Å²) in [4.78, 5) is 11.9. The normalized spacial score (nSPS) is 11.1. The van der Waals surface area contributed by atoms with Gasteiger partial charge in [-0.15, -0.1) is 6.58 Å². The van der Waals surface area contributed by atoms with Crippen LogP contribution < -0.4 is 5.32 Å². The number of aryl methyl sites for hydroxylation is 1. The van der Waals surface area contributed by atoms with Crippen molar-refractivity contribution in [2.75, 3.05) is 6.54 Å². The quantitative estimate of drug-likeness (QED) is 0.499. The molecule has 1 aromatic rings. The molecule has 6 heteroatoms. The van der Waals surface area contributed by atoms with Gasteiger partial charge in [-0.1, -0.05) is 6.08 Å². The fraction of sp³-hybridized carbons (Fsp3) is 0.308. The molecule has 0 saturated heterocycles. The third-order valence-electron chi connectivity index (χ3n) is 2.59. The standard InChI is InChI=1S/C13H16ClNO3S/c1-3-4-5-8-15-13(16)12-7-6-11(9-10(12)2)19(14,17)18/h3,6-7,9H,1,4-5,8H2,2H3,(H,15,16). The number of hydrogen-bond donors (Lipinski definition) is 1. The van der Waals surface area contributed by atoms with Gasteiger partial charge in [-0.05, 0) is 43.5 Å². The summed E-state index contributed by atoms with van der Waals surface area (Å²) in [6.07, 6.45) is 3.45. The second kappa shape index (κ2) is 6.73. The van der Waals surface area contributed by atoms with Crippen LogP contribution in [0.5, 0.6) is 0 Å². The predicted molar refractivity (Wildman–Crippen MR) is 76.0 cm³/mol. The third-order valence-corrected chi connectivity index (χ3v) is 3.95. The summed E-state index contributed by atoms with van der Waals surface area (Å²) in [5.74, 6) is -0.222. The van der Waals surface area contributed by atoms with Crippen molar-refractivity contribution in [2.24, 2.45) is 0 Å². The molecule has 1 aromatic carbocycles. The number of carbonyl (C=O) groups is 1. The highest BCUT2D eigenvalue weighted by molar-refractivity contribution is 8.13. The number of rotatable bonds is 6. The molecule has 4 nitrogen and oxygen atoms in total. The van der Waals surface area contributed by atoms with Crippen LogP contribution in [0.4, 0.5) is 0 Å². The number of carbonyl (C=O) groups excluding carboxylic acids is 1. The fourth-order valence-electron chi connectivity index (χ4n) is 1.59. The van der Waals surface area contributed by atoms with Crippen LogP contribution in [0, 0.1) is 6.92 Å². The van der Waals surface area contributed by atoms with Gasteiger partial charge in [0.1, 0.15) is 0 Å². The highest BCUT2D eigenvalue weighted by atomic mass is 35.7. The van der Waals surface area contributed by atoms with Crippen molar-refractivity contribution in [2.45, 2.75) is 24.7 Å². The lowest BCUT2D eigenvalue weighted by atomic mass is 10.1. The number of amides is 1. The largest absolute Gasteiger partial charge is 0.352 e. The summed E-state index contributed by atoms with van der Waals surface area (Å²) in [5.41, 5.74) is 1.02. The number of benzene rings is 1. The molecule has 0 saturated carbocycles. The molecule has 1 rings (SSSR count). The van der Waals surface area contributed by atoms with Gasteiger partial charge in [0.05, 0.1) is 4.90 Å². The van der Waals surface area contributed by atoms with Crippen molar-refractivity contribution in [1.29, 1.82) is 0 Å². The van der Waals surface area contributed by atoms with Gasteiger partial charge in [-0.25, -0.2) is 8.42 Å². The second-order valence-corrected chi connectivity index (χ2v) is 6.67. The Morgan fingerprint density at radius 3 is 2.68 bits per heavy atom. The van der Waals surface area contributed by atoms with Crippen LogP contribution in [0.2, 0.25) is 0 Å². The first-order valence-corrected chi connectivity index (χ1v) is 8.11. The van der Waals surface area contributed by atoms with Crippen LogP contribution in [0.25, 0.3) is 0 Å². The maximum atomic E-state index is 11.9. The minimum Gasteiger partial charge on any atom is -0.352 e. The minimum absolute atomic E-state index is 0.00475. The van der Waals surface area contributed by atoms with Gasteiger partial charge in [0.2, 0.25) is 0 Å². The zero-order chi connectivity index (χ0) is 14.5. The summed E-state index contributed by atoms with van der Waals surface area (Å²) in [6.45, 7) is 5.83. The molecule has 0 aromatic heterocycles. The maximum absolute atomic E-state index is 11.9. The van der Waals surface area contributed by atoms with Gasteiger partial charge >= 0.3 is 0 Å². The molecule has 0 aliphatic carbocycles. The Bertz CT molecular complexity index is 582. The predicted octanol–water partition coefficient (Wildman–Crippen LogP) is 2.62. The van der Waals surface area contributed by atoms with E-state index in [-0.39, 0.29) is 10.8 Å². The van der Waals surface area contributed by atoms with Crippen LogP contribution in [0.1, 0.15) is 28.8 Å². The second-order valence-electron chi connectivity index (χ2n) is 4.10. The molecule has 0 aliphatic rings. The topological polar surface area (TPSA) is 63.2 Å². The maximum Gasteiger partial charge on any atom is 0.261 e. The summed E-state index contributed by atoms with van der Waals surface area (Å²) < 4.78 is 22.3. The molecule has 0 spiro atoms. The zero-order valence-electron chi connectivity index (χ0n) is 10.6. The first kappa shape index (κ1) is 15.7. The number of nitrogens with one attached hydrogen (secondary N) is 1. The average Bonchev–Trinajstić information content (AvgIpc) is 2.33. The van der Waals surface area contributed by atoms with Crippen molar-refractivity contribution in [3.8, 4) is 0 Å². The molecule has 0 fully saturated rings. The van der Waals surface area contributed by atoms with Gasteiger partial charge in [0.25, 0.3) is 15.0 Å². The van der Waals surface area contributed by atoms with E-state index in [0.29, 0.717) is 17.7 Å². The zero-order valence-corrected chi connectivity index (χ0v) is 12.2. The van der Waals surface area contributed by atoms with Crippen LogP contribution in [-0.2, 0) is 9.05 Å². The fourth-order valence-corrected chi connectivity index (χ4v) is 2.42. The van der Waals surface area contributed by atoms with Crippen molar-refractivity contribution in [1.82, 2.24) is 5.32 Å². The Balaban J connectivity index is 2.79. The monoisotopic (exact) mass is 301 g/mol. The molecule has 0 unspecified atom stereocenters. The molecular weight excluding hydrogens is 286 g/mol. The molecule has 0 radical (unpaired) electrons. The third kappa shape index (κ3) is 4.69. The summed E-state index contributed by atoms with van der Waals surface area (Å²) in [7, 11) is 1.48. The van der Waals surface area contributed by atoms with Crippen LogP contribution in [0.15, 0.2) is 35.7 Å². The first-order chi connectivity index (χ1) is 8.86. The Morgan fingerprint density at radius 1 is 1.47 bits per heavy atom. The molecule has 104 valence electrons. The van der Waals surface area contributed by atoms with Crippen molar-refractivity contribution in [3.63, 3.8) is 0 Å². The van der Waals surface area contributed by atoms with E-state index in [1.807, 2.05) is 0 Å². The van der Waals surface area contributed by atoms with E-state index in [2.05, 4.69) is 11.9 Å². The molecule has 0 bridgehead atoms. The minimum atomic E-state index is -3.76. The van der Waals surface area contributed by atoms with E-state index in [1.54, 1.807) is 13.0 Å². The highest BCUT2D eigenvalue weighted by Crippen LogP contribution is 2.18. The highest BCUT2D eigenvalue weighted by Gasteiger charge is 2.14. The SMILES string of the molecule is C=CCCCNC(=O)c1ccc(S(=O)(=O)Cl)cc1C. The summed E-state index contributed by atoms with van der Waals surface area (Å²) in [6, 6.07) is 4.18. The Labute approximate surface area is 117 Å². The van der Waals surface area contributed by atoms with E-state index in [1.165, 1.54) is 18.2 Å². The van der Waals surface area contributed by atoms with Crippen molar-refractivity contribution in [3.05, 3.63) is 42.0 Å². The number of allylic oxidation sites excluding steroid dienone is 1. The van der Waals surface area contributed by atoms with E-state index in [0.717, 1.165) is 12.8 Å². The van der Waals surface area contributed by atoms with Crippen LogP contribution >= 0.6 is 10.7 Å². The summed E-state index contributed by atoms with van der Waals surface area (Å²) >= 11 is 0. The number of unbranched alkanes of at least 4 members (excludes halogenated alkanes) is 1. The Morgan fingerprint density at radius 2 is 2.16 bits per heavy atom. The first-order valence-electron chi connectivity index (χ1n) is 5.80. The molecule has 19 heavy (non-hydrogen) atoms. The lowest BCUT2D eigenvalue weighted by molar-refractivity contribution is 0.0952. The smallest absolute Gasteiger partial charge is 0.261 e. The lowest BCUT2D eigenvalue weighted by Crippen LogP contribution is -2.25. The number of hydrogen-bond acceptors (Lipinski definition) is 3. The lowest BCUT2D eigenvalue weighted by Gasteiger charge is -2.08. The van der Waals surface area contributed by atoms with E-state index < -0.39 is 9.05 Å². The van der Waals surface area contributed by atoms with Gasteiger partial charge in [0.15, 0.2) is 0 Å². The molecule has 0 heterocycles. The molecular formula is C13H16ClNO3S. The Kier molecular flexibility index (Phi) is 5.57. The van der Waals surface area contributed by atoms with E-state index >= 15 is 0 Å². The van der Waals surface area contributed by atoms with Gasteiger partial charge in [-0.3, -0.25) is 4.79 Å². The molecule has 1 amide bonds. The average molecular weight is 302 g/mol. The van der Waals surface area contributed by atoms with E-state index in [4.69, 9.17) is 10.7 Å². The molecule has 1 N–H and O–H groups in total. The molecule has 0 atom stereocenters. The van der Waals surface area contributed by atoms with E-state index in [9.17, 15) is 13.2 Å². The number of halogens is 1. The van der Waals surface area contributed by atoms with Gasteiger partial charge in [0, 0.05) is 22.8 Å². The summed E-state index contributed by atoms with van der Waals surface area (Å²) in [5, 5.41) is 2.76. The molecule has 0 aliphatic heterocycles. The Hall–Kier alpha value is -1.33. The van der Waals surface area contributed by atoms with Crippen molar-refractivity contribution >= 4 is 25.6 Å². The van der Waals surface area contributed by atoms with Gasteiger partial charge in [-0.2, -0.15) is 0 Å².